The highest BCUT2D eigenvalue weighted by molar-refractivity contribution is 5.81. The molecule has 0 aromatic heterocycles. The minimum absolute atomic E-state index is 0.101. The molecule has 4 unspecified atom stereocenters. The Hall–Kier alpha value is -1.43. The molecule has 98 valence electrons. The minimum atomic E-state index is -0.734. The normalized spacial score (nSPS) is 46.7. The summed E-state index contributed by atoms with van der Waals surface area (Å²) >= 11 is 0. The summed E-state index contributed by atoms with van der Waals surface area (Å²) in [5, 5.41) is 7.90. The number of esters is 2. The molecule has 6 atom stereocenters. The van der Waals surface area contributed by atoms with E-state index in [1.54, 1.807) is 0 Å². The molecular formula is C12H15O6+. The van der Waals surface area contributed by atoms with Gasteiger partial charge in [0.2, 0.25) is 0 Å². The number of fused-ring (bicyclic) bond motifs is 2. The Morgan fingerprint density at radius 1 is 1.11 bits per heavy atom. The summed E-state index contributed by atoms with van der Waals surface area (Å²) in [7, 11) is 0. The van der Waals surface area contributed by atoms with Gasteiger partial charge in [0.1, 0.15) is 0 Å². The van der Waals surface area contributed by atoms with Gasteiger partial charge in [-0.15, -0.1) is 0 Å². The molecule has 0 aromatic rings. The monoisotopic (exact) mass is 255 g/mol. The van der Waals surface area contributed by atoms with Crippen LogP contribution >= 0.6 is 0 Å². The van der Waals surface area contributed by atoms with E-state index in [0.717, 1.165) is 0 Å². The first kappa shape index (κ1) is 11.6. The highest BCUT2D eigenvalue weighted by atomic mass is 16.6. The lowest BCUT2D eigenvalue weighted by Crippen LogP contribution is -2.49. The summed E-state index contributed by atoms with van der Waals surface area (Å²) in [5.41, 5.74) is 0. The number of aldehydes is 1. The fourth-order valence-corrected chi connectivity index (χ4v) is 3.45. The van der Waals surface area contributed by atoms with Crippen molar-refractivity contribution in [1.29, 1.82) is 0 Å². The van der Waals surface area contributed by atoms with Crippen molar-refractivity contribution in [3.8, 4) is 0 Å². The van der Waals surface area contributed by atoms with E-state index in [-0.39, 0.29) is 42.2 Å². The molecule has 1 saturated carbocycles. The van der Waals surface area contributed by atoms with Crippen LogP contribution in [0.5, 0.6) is 0 Å². The molecule has 6 nitrogen and oxygen atoms in total. The summed E-state index contributed by atoms with van der Waals surface area (Å²) in [6.45, 7) is 0.101. The smallest absolute Gasteiger partial charge is 0.310 e. The predicted octanol–water partition coefficient (Wildman–Crippen LogP) is -0.981. The van der Waals surface area contributed by atoms with Gasteiger partial charge < -0.3 is 14.6 Å². The first-order valence-corrected chi connectivity index (χ1v) is 6.15. The fourth-order valence-electron chi connectivity index (χ4n) is 3.45. The number of hydrogen-bond acceptors (Lipinski definition) is 5. The van der Waals surface area contributed by atoms with Crippen LogP contribution in [0.3, 0.4) is 0 Å². The lowest BCUT2D eigenvalue weighted by atomic mass is 9.65. The van der Waals surface area contributed by atoms with Crippen molar-refractivity contribution in [2.75, 3.05) is 6.61 Å². The van der Waals surface area contributed by atoms with Crippen molar-refractivity contribution in [3.05, 3.63) is 0 Å². The van der Waals surface area contributed by atoms with E-state index in [0.29, 0.717) is 19.1 Å². The number of ether oxygens (including phenoxy) is 2. The summed E-state index contributed by atoms with van der Waals surface area (Å²) < 4.78 is 9.98. The van der Waals surface area contributed by atoms with Crippen LogP contribution in [0, 0.1) is 23.7 Å². The SMILES string of the molecule is O=CC1OC(=O)C2CC3C(C[C@H]12)C(=O)OC[C@@H]3[OH2+]. The molecule has 3 rings (SSSR count). The van der Waals surface area contributed by atoms with Crippen LogP contribution in [0.25, 0.3) is 0 Å². The quantitative estimate of drug-likeness (QED) is 0.341. The molecule has 0 bridgehead atoms. The zero-order valence-electron chi connectivity index (χ0n) is 9.70. The standard InChI is InChI=1S/C12H14O6/c13-3-10-6-2-7-5(1-8(6)12(16)18-10)9(14)4-17-11(7)15/h3,5-10,14H,1-2,4H2/p+1/t5?,6-,7?,8?,9-,10?/m0/s1. The highest BCUT2D eigenvalue weighted by Gasteiger charge is 2.56. The molecule has 0 radical (unpaired) electrons. The fraction of sp³-hybridized carbons (Fsp3) is 0.750. The molecule has 0 spiro atoms. The molecule has 3 fully saturated rings. The van der Waals surface area contributed by atoms with E-state index in [1.807, 2.05) is 0 Å². The maximum atomic E-state index is 11.7. The van der Waals surface area contributed by atoms with Crippen LogP contribution < -0.4 is 0 Å². The molecule has 0 amide bonds. The van der Waals surface area contributed by atoms with Gasteiger partial charge in [0, 0.05) is 11.8 Å². The van der Waals surface area contributed by atoms with Crippen LogP contribution in [0.15, 0.2) is 0 Å². The van der Waals surface area contributed by atoms with Crippen molar-refractivity contribution < 1.29 is 29.0 Å². The van der Waals surface area contributed by atoms with E-state index >= 15 is 0 Å². The maximum absolute atomic E-state index is 11.7. The Morgan fingerprint density at radius 3 is 2.50 bits per heavy atom. The minimum Gasteiger partial charge on any atom is -0.457 e. The number of cyclic esters (lactones) is 2. The number of carbonyl (C=O) groups is 3. The largest absolute Gasteiger partial charge is 0.457 e. The Balaban J connectivity index is 1.86. The lowest BCUT2D eigenvalue weighted by molar-refractivity contribution is -0.174. The molecule has 6 heteroatoms. The number of hydrogen-bond donors (Lipinski definition) is 0. The summed E-state index contributed by atoms with van der Waals surface area (Å²) in [5.74, 6) is -1.73. The third kappa shape index (κ3) is 1.55. The van der Waals surface area contributed by atoms with Gasteiger partial charge in [0.05, 0.1) is 11.8 Å². The van der Waals surface area contributed by atoms with Crippen molar-refractivity contribution in [3.63, 3.8) is 0 Å². The van der Waals surface area contributed by atoms with Gasteiger partial charge >= 0.3 is 11.9 Å². The molecule has 2 aliphatic heterocycles. The Morgan fingerprint density at radius 2 is 1.78 bits per heavy atom. The van der Waals surface area contributed by atoms with Crippen LogP contribution in [0.2, 0.25) is 0 Å². The van der Waals surface area contributed by atoms with E-state index < -0.39 is 12.2 Å². The molecule has 1 aliphatic carbocycles. The predicted molar refractivity (Wildman–Crippen MR) is 57.5 cm³/mol. The lowest BCUT2D eigenvalue weighted by Gasteiger charge is -2.39. The van der Waals surface area contributed by atoms with Crippen LogP contribution in [-0.4, -0.2) is 42.1 Å². The second-order valence-corrected chi connectivity index (χ2v) is 5.29. The first-order chi connectivity index (χ1) is 8.61. The van der Waals surface area contributed by atoms with Gasteiger partial charge in [-0.25, -0.2) is 0 Å². The third-order valence-corrected chi connectivity index (χ3v) is 4.42. The van der Waals surface area contributed by atoms with Gasteiger partial charge in [-0.3, -0.25) is 14.4 Å². The van der Waals surface area contributed by atoms with Crippen LogP contribution in [0.4, 0.5) is 0 Å². The number of carbonyl (C=O) groups excluding carboxylic acids is 3. The molecular weight excluding hydrogens is 240 g/mol. The Kier molecular flexibility index (Phi) is 2.62. The summed E-state index contributed by atoms with van der Waals surface area (Å²) in [4.78, 5) is 34.3. The average molecular weight is 255 g/mol. The Labute approximate surface area is 103 Å². The summed E-state index contributed by atoms with van der Waals surface area (Å²) in [6.07, 6.45) is 0.300. The molecule has 2 heterocycles. The van der Waals surface area contributed by atoms with Crippen molar-refractivity contribution in [2.24, 2.45) is 23.7 Å². The zero-order chi connectivity index (χ0) is 12.9. The highest BCUT2D eigenvalue weighted by Crippen LogP contribution is 2.47. The van der Waals surface area contributed by atoms with E-state index in [1.165, 1.54) is 0 Å². The van der Waals surface area contributed by atoms with Gasteiger partial charge in [-0.2, -0.15) is 0 Å². The van der Waals surface area contributed by atoms with Crippen molar-refractivity contribution in [1.82, 2.24) is 0 Å². The van der Waals surface area contributed by atoms with Gasteiger partial charge in [0.15, 0.2) is 25.1 Å². The second kappa shape index (κ2) is 4.05. The Bertz CT molecular complexity index is 405. The molecule has 18 heavy (non-hydrogen) atoms. The molecule has 0 aromatic carbocycles. The molecule has 2 saturated heterocycles. The average Bonchev–Trinajstić information content (AvgIpc) is 2.69. The topological polar surface area (TPSA) is 92.6 Å². The zero-order valence-corrected chi connectivity index (χ0v) is 9.70. The van der Waals surface area contributed by atoms with Gasteiger partial charge in [-0.05, 0) is 12.8 Å². The van der Waals surface area contributed by atoms with Crippen LogP contribution in [-0.2, 0) is 23.9 Å². The molecule has 2 N–H and O–H groups in total. The van der Waals surface area contributed by atoms with Crippen LogP contribution in [0.1, 0.15) is 12.8 Å². The summed E-state index contributed by atoms with van der Waals surface area (Å²) in [6, 6.07) is 0. The van der Waals surface area contributed by atoms with Gasteiger partial charge in [0.25, 0.3) is 0 Å². The van der Waals surface area contributed by atoms with Gasteiger partial charge in [-0.1, -0.05) is 0 Å². The second-order valence-electron chi connectivity index (χ2n) is 5.29. The third-order valence-electron chi connectivity index (χ3n) is 4.42. The molecule has 3 aliphatic rings. The van der Waals surface area contributed by atoms with Crippen molar-refractivity contribution in [2.45, 2.75) is 25.0 Å². The first-order valence-electron chi connectivity index (χ1n) is 6.15. The van der Waals surface area contributed by atoms with E-state index in [9.17, 15) is 14.4 Å². The van der Waals surface area contributed by atoms with Crippen molar-refractivity contribution >= 4 is 18.2 Å². The number of rotatable bonds is 1. The maximum Gasteiger partial charge on any atom is 0.310 e. The van der Waals surface area contributed by atoms with E-state index in [4.69, 9.17) is 14.6 Å². The van der Waals surface area contributed by atoms with E-state index in [2.05, 4.69) is 0 Å².